The Bertz CT molecular complexity index is 1310. The van der Waals surface area contributed by atoms with Crippen molar-refractivity contribution in [1.29, 1.82) is 0 Å². The summed E-state index contributed by atoms with van der Waals surface area (Å²) in [6, 6.07) is 7.63. The van der Waals surface area contributed by atoms with E-state index in [1.807, 2.05) is 0 Å². The number of amides is 2. The topological polar surface area (TPSA) is 120 Å². The highest BCUT2D eigenvalue weighted by Gasteiger charge is 2.29. The molecule has 0 aliphatic carbocycles. The number of imide groups is 1. The fraction of sp³-hybridized carbons (Fsp3) is 0.500. The third-order valence-electron chi connectivity index (χ3n) is 8.16. The van der Waals surface area contributed by atoms with Crippen molar-refractivity contribution in [3.63, 3.8) is 0 Å². The Morgan fingerprint density at radius 2 is 1.76 bits per heavy atom. The van der Waals surface area contributed by atoms with Gasteiger partial charge in [-0.3, -0.25) is 29.9 Å². The molecule has 3 saturated heterocycles. The summed E-state index contributed by atoms with van der Waals surface area (Å²) in [5.41, 5.74) is 1.91. The van der Waals surface area contributed by atoms with Crippen LogP contribution in [0.4, 0.5) is 27.1 Å². The molecule has 3 fully saturated rings. The van der Waals surface area contributed by atoms with Crippen molar-refractivity contribution in [1.82, 2.24) is 10.2 Å². The maximum Gasteiger partial charge on any atom is 0.312 e. The van der Waals surface area contributed by atoms with Gasteiger partial charge in [0.2, 0.25) is 11.8 Å². The highest BCUT2D eigenvalue weighted by molar-refractivity contribution is 9.10. The zero-order valence-corrected chi connectivity index (χ0v) is 24.5. The fourth-order valence-electron chi connectivity index (χ4n) is 5.86. The van der Waals surface area contributed by atoms with Gasteiger partial charge in [0.25, 0.3) is 0 Å². The first-order valence-electron chi connectivity index (χ1n) is 13.9. The smallest absolute Gasteiger partial charge is 0.312 e. The number of anilines is 3. The first kappa shape index (κ1) is 29.1. The SMILES string of the molecule is COc1cc(N2CCC(CN3CCN(c4ccc(NC5CCC(=O)NC5=O)cc4F)CC3)CC2)c(Br)cc1[N+](=O)[O-]. The molecular weight excluding hydrogens is 599 g/mol. The molecule has 2 aromatic rings. The van der Waals surface area contributed by atoms with Gasteiger partial charge in [0.1, 0.15) is 11.9 Å². The number of nitrogens with zero attached hydrogens (tertiary/aromatic N) is 4. The van der Waals surface area contributed by atoms with E-state index in [-0.39, 0.29) is 35.5 Å². The number of nitro groups is 1. The second kappa shape index (κ2) is 12.6. The van der Waals surface area contributed by atoms with Gasteiger partial charge in [0, 0.05) is 74.5 Å². The first-order chi connectivity index (χ1) is 19.7. The molecule has 0 aromatic heterocycles. The van der Waals surface area contributed by atoms with Crippen molar-refractivity contribution in [2.45, 2.75) is 31.7 Å². The summed E-state index contributed by atoms with van der Waals surface area (Å²) in [6.07, 6.45) is 2.68. The summed E-state index contributed by atoms with van der Waals surface area (Å²) in [6.45, 7) is 5.85. The Hall–Kier alpha value is -3.45. The Morgan fingerprint density at radius 3 is 2.39 bits per heavy atom. The molecule has 3 aliphatic heterocycles. The second-order valence-corrected chi connectivity index (χ2v) is 11.6. The first-order valence-corrected chi connectivity index (χ1v) is 14.6. The molecule has 2 N–H and O–H groups in total. The maximum absolute atomic E-state index is 15.0. The van der Waals surface area contributed by atoms with Crippen LogP contribution in [0.2, 0.25) is 0 Å². The van der Waals surface area contributed by atoms with Crippen molar-refractivity contribution in [3.8, 4) is 5.75 Å². The van der Waals surface area contributed by atoms with Crippen LogP contribution in [0, 0.1) is 21.8 Å². The van der Waals surface area contributed by atoms with E-state index in [0.717, 1.165) is 64.3 Å². The Kier molecular flexibility index (Phi) is 8.93. The van der Waals surface area contributed by atoms with E-state index >= 15 is 4.39 Å². The highest BCUT2D eigenvalue weighted by atomic mass is 79.9. The second-order valence-electron chi connectivity index (χ2n) is 10.8. The van der Waals surface area contributed by atoms with Gasteiger partial charge < -0.3 is 19.9 Å². The zero-order chi connectivity index (χ0) is 29.1. The standard InChI is InChI=1S/C28H34BrFN6O5/c1-41-26-16-24(20(29)15-25(26)36(39)40)34-8-6-18(7-9-34)17-33-10-12-35(13-11-33)23-4-2-19(14-21(23)30)31-22-3-5-27(37)32-28(22)38/h2,4,14-16,18,22,31H,3,5-13,17H2,1H3,(H,32,37,38). The fourth-order valence-corrected chi connectivity index (χ4v) is 6.44. The van der Waals surface area contributed by atoms with Gasteiger partial charge in [-0.25, -0.2) is 4.39 Å². The number of piperazine rings is 1. The van der Waals surface area contributed by atoms with Crippen molar-refractivity contribution in [3.05, 3.63) is 50.7 Å². The van der Waals surface area contributed by atoms with Crippen LogP contribution in [0.25, 0.3) is 0 Å². The number of methoxy groups -OCH3 is 1. The molecular formula is C28H34BrFN6O5. The molecule has 1 unspecified atom stereocenters. The molecule has 11 nitrogen and oxygen atoms in total. The normalized spacial score (nSPS) is 20.6. The number of benzene rings is 2. The van der Waals surface area contributed by atoms with Crippen molar-refractivity contribution in [2.24, 2.45) is 5.92 Å². The summed E-state index contributed by atoms with van der Waals surface area (Å²) in [4.78, 5) is 41.0. The lowest BCUT2D eigenvalue weighted by Gasteiger charge is -2.40. The van der Waals surface area contributed by atoms with E-state index in [1.54, 1.807) is 18.2 Å². The van der Waals surface area contributed by atoms with E-state index in [4.69, 9.17) is 4.74 Å². The largest absolute Gasteiger partial charge is 0.490 e. The molecule has 1 atom stereocenters. The van der Waals surface area contributed by atoms with Crippen molar-refractivity contribution in [2.75, 3.05) is 68.0 Å². The van der Waals surface area contributed by atoms with Crippen LogP contribution in [0.15, 0.2) is 34.8 Å². The summed E-state index contributed by atoms with van der Waals surface area (Å²) in [7, 11) is 1.44. The quantitative estimate of drug-likeness (QED) is 0.255. The Labute approximate surface area is 246 Å². The number of hydrogen-bond donors (Lipinski definition) is 2. The van der Waals surface area contributed by atoms with Crippen molar-refractivity contribution >= 4 is 50.5 Å². The van der Waals surface area contributed by atoms with Gasteiger partial charge in [0.05, 0.1) is 23.4 Å². The van der Waals surface area contributed by atoms with Gasteiger partial charge in [-0.05, 0) is 59.3 Å². The van der Waals surface area contributed by atoms with Crippen LogP contribution >= 0.6 is 15.9 Å². The molecule has 41 heavy (non-hydrogen) atoms. The molecule has 3 heterocycles. The van der Waals surface area contributed by atoms with Gasteiger partial charge >= 0.3 is 5.69 Å². The van der Waals surface area contributed by atoms with E-state index in [9.17, 15) is 19.7 Å². The van der Waals surface area contributed by atoms with E-state index in [0.29, 0.717) is 28.2 Å². The zero-order valence-electron chi connectivity index (χ0n) is 22.9. The number of ether oxygens (including phenoxy) is 1. The summed E-state index contributed by atoms with van der Waals surface area (Å²) in [5.74, 6) is -0.199. The van der Waals surface area contributed by atoms with E-state index in [2.05, 4.69) is 41.3 Å². The Morgan fingerprint density at radius 1 is 1.05 bits per heavy atom. The molecule has 2 amide bonds. The number of piperidine rings is 2. The van der Waals surface area contributed by atoms with Gasteiger partial charge in [-0.1, -0.05) is 0 Å². The third kappa shape index (κ3) is 6.72. The number of rotatable bonds is 8. The third-order valence-corrected chi connectivity index (χ3v) is 8.79. The van der Waals surface area contributed by atoms with Gasteiger partial charge in [0.15, 0.2) is 5.75 Å². The molecule has 5 rings (SSSR count). The van der Waals surface area contributed by atoms with E-state index in [1.165, 1.54) is 19.2 Å². The molecule has 0 radical (unpaired) electrons. The number of carbonyl (C=O) groups is 2. The minimum atomic E-state index is -0.549. The number of nitrogens with one attached hydrogen (secondary N) is 2. The number of halogens is 2. The molecule has 220 valence electrons. The maximum atomic E-state index is 15.0. The molecule has 0 bridgehead atoms. The lowest BCUT2D eigenvalue weighted by Crippen LogP contribution is -2.49. The molecule has 0 saturated carbocycles. The molecule has 3 aliphatic rings. The number of carbonyl (C=O) groups excluding carboxylic acids is 2. The van der Waals surface area contributed by atoms with Crippen molar-refractivity contribution < 1.29 is 23.6 Å². The van der Waals surface area contributed by atoms with Gasteiger partial charge in [-0.2, -0.15) is 0 Å². The average Bonchev–Trinajstić information content (AvgIpc) is 2.95. The number of nitro benzene ring substituents is 1. The number of hydrogen-bond acceptors (Lipinski definition) is 9. The predicted molar refractivity (Wildman–Crippen MR) is 157 cm³/mol. The summed E-state index contributed by atoms with van der Waals surface area (Å²) in [5, 5.41) is 16.6. The lowest BCUT2D eigenvalue weighted by molar-refractivity contribution is -0.385. The van der Waals surface area contributed by atoms with E-state index < -0.39 is 11.0 Å². The summed E-state index contributed by atoms with van der Waals surface area (Å²) < 4.78 is 21.0. The predicted octanol–water partition coefficient (Wildman–Crippen LogP) is 3.76. The van der Waals surface area contributed by atoms with Crippen LogP contribution in [-0.4, -0.2) is 80.6 Å². The van der Waals surface area contributed by atoms with Crippen LogP contribution in [0.1, 0.15) is 25.7 Å². The molecule has 2 aromatic carbocycles. The minimum absolute atomic E-state index is 0.0585. The highest BCUT2D eigenvalue weighted by Crippen LogP contribution is 2.39. The minimum Gasteiger partial charge on any atom is -0.490 e. The van der Waals surface area contributed by atoms with Crippen LogP contribution in [-0.2, 0) is 9.59 Å². The van der Waals surface area contributed by atoms with Crippen LogP contribution < -0.4 is 25.2 Å². The average molecular weight is 634 g/mol. The summed E-state index contributed by atoms with van der Waals surface area (Å²) >= 11 is 3.50. The van der Waals surface area contributed by atoms with Crippen LogP contribution in [0.3, 0.4) is 0 Å². The van der Waals surface area contributed by atoms with Gasteiger partial charge in [-0.15, -0.1) is 0 Å². The molecule has 0 spiro atoms. The molecule has 13 heteroatoms. The monoisotopic (exact) mass is 632 g/mol. The lowest BCUT2D eigenvalue weighted by atomic mass is 9.95. The Balaban J connectivity index is 1.10. The van der Waals surface area contributed by atoms with Crippen LogP contribution in [0.5, 0.6) is 5.75 Å².